The zero-order chi connectivity index (χ0) is 11.4. The van der Waals surface area contributed by atoms with E-state index < -0.39 is 0 Å². The summed E-state index contributed by atoms with van der Waals surface area (Å²) in [5.41, 5.74) is 0. The van der Waals surface area contributed by atoms with E-state index in [2.05, 4.69) is 10.2 Å². The Morgan fingerprint density at radius 3 is 2.75 bits per heavy atom. The van der Waals surface area contributed by atoms with E-state index in [1.807, 2.05) is 7.05 Å². The second-order valence-electron chi connectivity index (χ2n) is 5.42. The third kappa shape index (κ3) is 2.76. The molecule has 0 aromatic rings. The van der Waals surface area contributed by atoms with Crippen LogP contribution in [-0.4, -0.2) is 48.8 Å². The van der Waals surface area contributed by atoms with Crippen LogP contribution in [0.1, 0.15) is 38.5 Å². The second kappa shape index (κ2) is 5.99. The van der Waals surface area contributed by atoms with Crippen LogP contribution in [0.25, 0.3) is 0 Å². The van der Waals surface area contributed by atoms with Crippen LogP contribution < -0.4 is 5.32 Å². The summed E-state index contributed by atoms with van der Waals surface area (Å²) in [6.07, 6.45) is 8.44. The lowest BCUT2D eigenvalue weighted by atomic mass is 9.78. The molecule has 3 atom stereocenters. The highest BCUT2D eigenvalue weighted by atomic mass is 16.3. The monoisotopic (exact) mass is 226 g/mol. The molecule has 0 aromatic carbocycles. The van der Waals surface area contributed by atoms with Crippen molar-refractivity contribution in [2.24, 2.45) is 5.92 Å². The van der Waals surface area contributed by atoms with E-state index in [9.17, 15) is 5.11 Å². The van der Waals surface area contributed by atoms with Gasteiger partial charge in [-0.05, 0) is 45.2 Å². The highest BCUT2D eigenvalue weighted by Gasteiger charge is 2.33. The van der Waals surface area contributed by atoms with Gasteiger partial charge in [0, 0.05) is 18.6 Å². The van der Waals surface area contributed by atoms with Crippen molar-refractivity contribution in [1.29, 1.82) is 0 Å². The van der Waals surface area contributed by atoms with Gasteiger partial charge < -0.3 is 10.4 Å². The van der Waals surface area contributed by atoms with Crippen LogP contribution in [0.2, 0.25) is 0 Å². The topological polar surface area (TPSA) is 35.5 Å². The van der Waals surface area contributed by atoms with Crippen molar-refractivity contribution in [3.05, 3.63) is 0 Å². The first-order valence-corrected chi connectivity index (χ1v) is 6.87. The zero-order valence-corrected chi connectivity index (χ0v) is 10.5. The van der Waals surface area contributed by atoms with Crippen LogP contribution in [0.5, 0.6) is 0 Å². The number of rotatable bonds is 4. The molecular formula is C13H26N2O. The van der Waals surface area contributed by atoms with Crippen molar-refractivity contribution < 1.29 is 5.11 Å². The predicted octanol–water partition coefficient (Wildman–Crippen LogP) is 1.22. The summed E-state index contributed by atoms with van der Waals surface area (Å²) in [6.45, 7) is 2.51. The Labute approximate surface area is 99.2 Å². The number of nitrogens with one attached hydrogen (secondary N) is 1. The van der Waals surface area contributed by atoms with Crippen molar-refractivity contribution in [1.82, 2.24) is 10.2 Å². The average molecular weight is 226 g/mol. The molecule has 1 saturated carbocycles. The second-order valence-corrected chi connectivity index (χ2v) is 5.42. The van der Waals surface area contributed by atoms with Gasteiger partial charge in [0.05, 0.1) is 6.61 Å². The molecule has 3 unspecified atom stereocenters. The predicted molar refractivity (Wildman–Crippen MR) is 66.5 cm³/mol. The Morgan fingerprint density at radius 1 is 1.25 bits per heavy atom. The smallest absolute Gasteiger partial charge is 0.0597 e. The number of aliphatic hydroxyl groups excluding tert-OH is 1. The van der Waals surface area contributed by atoms with Gasteiger partial charge in [0.2, 0.25) is 0 Å². The number of nitrogens with zero attached hydrogens (tertiary/aromatic N) is 1. The summed E-state index contributed by atoms with van der Waals surface area (Å²) in [4.78, 5) is 2.63. The first-order valence-electron chi connectivity index (χ1n) is 6.87. The van der Waals surface area contributed by atoms with Gasteiger partial charge in [0.25, 0.3) is 0 Å². The number of aliphatic hydroxyl groups is 1. The first kappa shape index (κ1) is 12.3. The molecule has 2 N–H and O–H groups in total. The molecule has 0 aromatic heterocycles. The fraction of sp³-hybridized carbons (Fsp3) is 1.00. The van der Waals surface area contributed by atoms with Crippen molar-refractivity contribution in [2.45, 2.75) is 50.6 Å². The van der Waals surface area contributed by atoms with Crippen LogP contribution in [0.3, 0.4) is 0 Å². The molecule has 94 valence electrons. The number of likely N-dealkylation sites (N-methyl/N-ethyl adjacent to an activating group) is 1. The summed E-state index contributed by atoms with van der Waals surface area (Å²) >= 11 is 0. The summed E-state index contributed by atoms with van der Waals surface area (Å²) in [7, 11) is 1.95. The van der Waals surface area contributed by atoms with Crippen molar-refractivity contribution in [3.63, 3.8) is 0 Å². The summed E-state index contributed by atoms with van der Waals surface area (Å²) < 4.78 is 0. The fourth-order valence-electron chi connectivity index (χ4n) is 3.48. The van der Waals surface area contributed by atoms with Crippen molar-refractivity contribution >= 4 is 0 Å². The quantitative estimate of drug-likeness (QED) is 0.756. The van der Waals surface area contributed by atoms with Gasteiger partial charge in [-0.1, -0.05) is 12.8 Å². The van der Waals surface area contributed by atoms with E-state index in [4.69, 9.17) is 0 Å². The summed E-state index contributed by atoms with van der Waals surface area (Å²) in [6, 6.07) is 1.06. The molecule has 1 aliphatic carbocycles. The average Bonchev–Trinajstić information content (AvgIpc) is 2.36. The van der Waals surface area contributed by atoms with Gasteiger partial charge in [0.1, 0.15) is 0 Å². The van der Waals surface area contributed by atoms with Crippen molar-refractivity contribution in [3.8, 4) is 0 Å². The molecule has 0 bridgehead atoms. The molecule has 2 rings (SSSR count). The fourth-order valence-corrected chi connectivity index (χ4v) is 3.48. The van der Waals surface area contributed by atoms with Gasteiger partial charge >= 0.3 is 0 Å². The van der Waals surface area contributed by atoms with E-state index in [1.165, 1.54) is 45.1 Å². The van der Waals surface area contributed by atoms with Gasteiger partial charge in [-0.15, -0.1) is 0 Å². The van der Waals surface area contributed by atoms with E-state index in [-0.39, 0.29) is 12.6 Å². The molecule has 0 radical (unpaired) electrons. The molecule has 2 aliphatic rings. The Morgan fingerprint density at radius 2 is 2.00 bits per heavy atom. The van der Waals surface area contributed by atoms with Gasteiger partial charge in [0.15, 0.2) is 0 Å². The number of likely N-dealkylation sites (tertiary alicyclic amines) is 1. The molecule has 3 nitrogen and oxygen atoms in total. The summed E-state index contributed by atoms with van der Waals surface area (Å²) in [5.74, 6) is 0.943. The molecule has 0 spiro atoms. The van der Waals surface area contributed by atoms with E-state index in [0.717, 1.165) is 18.5 Å². The van der Waals surface area contributed by atoms with Crippen LogP contribution in [0, 0.1) is 5.92 Å². The first-order chi connectivity index (χ1) is 7.85. The maximum absolute atomic E-state index is 9.26. The van der Waals surface area contributed by atoms with Crippen LogP contribution in [0.4, 0.5) is 0 Å². The van der Waals surface area contributed by atoms with E-state index >= 15 is 0 Å². The lowest BCUT2D eigenvalue weighted by molar-refractivity contribution is 0.0469. The Bertz CT molecular complexity index is 204. The van der Waals surface area contributed by atoms with E-state index in [1.54, 1.807) is 0 Å². The highest BCUT2D eigenvalue weighted by molar-refractivity contribution is 4.88. The molecule has 1 heterocycles. The van der Waals surface area contributed by atoms with Crippen molar-refractivity contribution in [2.75, 3.05) is 26.7 Å². The Balaban J connectivity index is 1.91. The molecule has 0 amide bonds. The third-order valence-electron chi connectivity index (χ3n) is 4.44. The molecular weight excluding hydrogens is 200 g/mol. The standard InChI is InChI=1S/C13H26N2O/c1-14-12(10-16)9-15-8-4-6-11-5-2-3-7-13(11)15/h11-14,16H,2-10H2,1H3. The van der Waals surface area contributed by atoms with E-state index in [0.29, 0.717) is 0 Å². The highest BCUT2D eigenvalue weighted by Crippen LogP contribution is 2.35. The minimum atomic E-state index is 0.251. The van der Waals surface area contributed by atoms with Crippen LogP contribution >= 0.6 is 0 Å². The Kier molecular flexibility index (Phi) is 4.62. The molecule has 3 heteroatoms. The van der Waals surface area contributed by atoms with Gasteiger partial charge in [-0.3, -0.25) is 4.90 Å². The van der Waals surface area contributed by atoms with Gasteiger partial charge in [-0.2, -0.15) is 0 Å². The van der Waals surface area contributed by atoms with Gasteiger partial charge in [-0.25, -0.2) is 0 Å². The van der Waals surface area contributed by atoms with Crippen LogP contribution in [0.15, 0.2) is 0 Å². The lowest BCUT2D eigenvalue weighted by Gasteiger charge is -2.45. The maximum atomic E-state index is 9.26. The largest absolute Gasteiger partial charge is 0.395 e. The molecule has 2 fully saturated rings. The lowest BCUT2D eigenvalue weighted by Crippen LogP contribution is -2.52. The summed E-state index contributed by atoms with van der Waals surface area (Å²) in [5, 5.41) is 12.5. The SMILES string of the molecule is CNC(CO)CN1CCCC2CCCCC21. The number of hydrogen-bond acceptors (Lipinski definition) is 3. The molecule has 1 aliphatic heterocycles. The molecule has 16 heavy (non-hydrogen) atoms. The number of hydrogen-bond donors (Lipinski definition) is 2. The molecule has 1 saturated heterocycles. The minimum Gasteiger partial charge on any atom is -0.395 e. The van der Waals surface area contributed by atoms with Crippen LogP contribution in [-0.2, 0) is 0 Å². The third-order valence-corrected chi connectivity index (χ3v) is 4.44. The number of fused-ring (bicyclic) bond motifs is 1. The number of piperidine rings is 1. The maximum Gasteiger partial charge on any atom is 0.0597 e. The zero-order valence-electron chi connectivity index (χ0n) is 10.5. The Hall–Kier alpha value is -0.120. The normalized spacial score (nSPS) is 33.4. The minimum absolute atomic E-state index is 0.251.